The monoisotopic (exact) mass is 477 g/mol. The van der Waals surface area contributed by atoms with Crippen molar-refractivity contribution in [1.29, 1.82) is 0 Å². The first-order chi connectivity index (χ1) is 15.5. The van der Waals surface area contributed by atoms with Gasteiger partial charge in [-0.25, -0.2) is 12.8 Å². The van der Waals surface area contributed by atoms with E-state index in [0.717, 1.165) is 21.7 Å². The molecule has 0 saturated heterocycles. The van der Waals surface area contributed by atoms with Gasteiger partial charge >= 0.3 is 0 Å². The second-order valence-electron chi connectivity index (χ2n) is 8.00. The van der Waals surface area contributed by atoms with Gasteiger partial charge in [0.15, 0.2) is 0 Å². The smallest absolute Gasteiger partial charge is 0.244 e. The summed E-state index contributed by atoms with van der Waals surface area (Å²) in [6.07, 6.45) is 1.38. The molecule has 0 aliphatic rings. The van der Waals surface area contributed by atoms with Crippen LogP contribution in [0.5, 0.6) is 0 Å². The van der Waals surface area contributed by atoms with Crippen LogP contribution in [0.4, 0.5) is 10.1 Å². The van der Waals surface area contributed by atoms with Gasteiger partial charge in [0.25, 0.3) is 0 Å². The third-order valence-corrected chi connectivity index (χ3v) is 6.60. The molecule has 1 atom stereocenters. The van der Waals surface area contributed by atoms with Crippen LogP contribution in [0.15, 0.2) is 42.5 Å². The van der Waals surface area contributed by atoms with E-state index in [9.17, 15) is 22.4 Å². The maximum atomic E-state index is 13.5. The predicted molar refractivity (Wildman–Crippen MR) is 128 cm³/mol. The maximum Gasteiger partial charge on any atom is 0.244 e. The topological polar surface area (TPSA) is 86.8 Å². The van der Waals surface area contributed by atoms with Gasteiger partial charge in [-0.2, -0.15) is 0 Å². The van der Waals surface area contributed by atoms with Crippen molar-refractivity contribution in [2.24, 2.45) is 0 Å². The predicted octanol–water partition coefficient (Wildman–Crippen LogP) is 3.15. The Hall–Kier alpha value is -2.94. The van der Waals surface area contributed by atoms with Gasteiger partial charge in [-0.15, -0.1) is 0 Å². The van der Waals surface area contributed by atoms with Crippen molar-refractivity contribution in [2.45, 2.75) is 46.7 Å². The van der Waals surface area contributed by atoms with Gasteiger partial charge < -0.3 is 10.2 Å². The minimum atomic E-state index is -3.78. The molecule has 2 rings (SSSR count). The zero-order valence-electron chi connectivity index (χ0n) is 19.8. The summed E-state index contributed by atoms with van der Waals surface area (Å²) in [6.45, 7) is 7.32. The van der Waals surface area contributed by atoms with Crippen molar-refractivity contribution >= 4 is 27.5 Å². The molecule has 2 amide bonds. The standard InChI is InChI=1S/C24H32FN3O4S/c1-6-22(24(30)26-7-2)27(15-19-9-11-20(25)12-10-19)23(29)16-28(33(5,31)32)21-13-8-17(3)18(4)14-21/h8-14,22H,6-7,15-16H2,1-5H3,(H,26,30)/t22-/m1/s1. The average molecular weight is 478 g/mol. The Bertz CT molecular complexity index is 1090. The SMILES string of the molecule is CCNC(=O)[C@@H](CC)N(Cc1ccc(F)cc1)C(=O)CN(c1ccc(C)c(C)c1)S(C)(=O)=O. The Morgan fingerprint density at radius 2 is 1.67 bits per heavy atom. The lowest BCUT2D eigenvalue weighted by Crippen LogP contribution is -2.52. The van der Waals surface area contributed by atoms with Crippen LogP contribution < -0.4 is 9.62 Å². The molecule has 0 fully saturated rings. The summed E-state index contributed by atoms with van der Waals surface area (Å²) < 4.78 is 39.6. The molecule has 2 aromatic rings. The van der Waals surface area contributed by atoms with E-state index in [2.05, 4.69) is 5.32 Å². The van der Waals surface area contributed by atoms with Crippen LogP contribution >= 0.6 is 0 Å². The van der Waals surface area contributed by atoms with E-state index in [-0.39, 0.29) is 12.5 Å². The minimum absolute atomic E-state index is 0.0410. The Labute approximate surface area is 195 Å². The molecule has 33 heavy (non-hydrogen) atoms. The lowest BCUT2D eigenvalue weighted by molar-refractivity contribution is -0.140. The van der Waals surface area contributed by atoms with E-state index < -0.39 is 34.3 Å². The summed E-state index contributed by atoms with van der Waals surface area (Å²) in [5.74, 6) is -1.26. The third kappa shape index (κ3) is 7.02. The molecule has 0 aromatic heterocycles. The summed E-state index contributed by atoms with van der Waals surface area (Å²) >= 11 is 0. The first-order valence-corrected chi connectivity index (χ1v) is 12.7. The van der Waals surface area contributed by atoms with Crippen molar-refractivity contribution in [3.63, 3.8) is 0 Å². The number of sulfonamides is 1. The second kappa shape index (κ2) is 11.3. The fraction of sp³-hybridized carbons (Fsp3) is 0.417. The van der Waals surface area contributed by atoms with Gasteiger partial charge in [-0.1, -0.05) is 25.1 Å². The molecule has 0 aliphatic carbocycles. The van der Waals surface area contributed by atoms with Crippen molar-refractivity contribution in [2.75, 3.05) is 23.7 Å². The largest absolute Gasteiger partial charge is 0.355 e. The average Bonchev–Trinajstić information content (AvgIpc) is 2.74. The number of nitrogens with one attached hydrogen (secondary N) is 1. The zero-order chi connectivity index (χ0) is 24.8. The third-order valence-electron chi connectivity index (χ3n) is 5.46. The molecule has 180 valence electrons. The highest BCUT2D eigenvalue weighted by Gasteiger charge is 2.31. The van der Waals surface area contributed by atoms with Crippen LogP contribution in [-0.2, 0) is 26.2 Å². The maximum absolute atomic E-state index is 13.5. The number of carbonyl (C=O) groups excluding carboxylic acids is 2. The summed E-state index contributed by atoms with van der Waals surface area (Å²) in [5, 5.41) is 2.73. The van der Waals surface area contributed by atoms with Gasteiger partial charge in [0.1, 0.15) is 18.4 Å². The highest BCUT2D eigenvalue weighted by atomic mass is 32.2. The van der Waals surface area contributed by atoms with Gasteiger partial charge in [0.2, 0.25) is 21.8 Å². The van der Waals surface area contributed by atoms with Crippen LogP contribution in [0.1, 0.15) is 37.0 Å². The molecule has 0 aliphatic heterocycles. The summed E-state index contributed by atoms with van der Waals surface area (Å²) in [4.78, 5) is 27.5. The van der Waals surface area contributed by atoms with Crippen molar-refractivity contribution < 1.29 is 22.4 Å². The molecular weight excluding hydrogens is 445 g/mol. The second-order valence-corrected chi connectivity index (χ2v) is 9.91. The number of rotatable bonds is 10. The number of halogens is 1. The number of anilines is 1. The van der Waals surface area contributed by atoms with Crippen LogP contribution in [0.25, 0.3) is 0 Å². The fourth-order valence-corrected chi connectivity index (χ4v) is 4.33. The number of amides is 2. The molecule has 9 heteroatoms. The first kappa shape index (κ1) is 26.3. The van der Waals surface area contributed by atoms with Crippen molar-refractivity contribution in [1.82, 2.24) is 10.2 Å². The molecule has 2 aromatic carbocycles. The Morgan fingerprint density at radius 3 is 2.18 bits per heavy atom. The summed E-state index contributed by atoms with van der Waals surface area (Å²) in [7, 11) is -3.78. The molecular formula is C24H32FN3O4S. The normalized spacial score (nSPS) is 12.2. The van der Waals surface area contributed by atoms with Gasteiger partial charge in [-0.05, 0) is 68.1 Å². The van der Waals surface area contributed by atoms with Crippen molar-refractivity contribution in [3.05, 3.63) is 65.0 Å². The lowest BCUT2D eigenvalue weighted by Gasteiger charge is -2.33. The fourth-order valence-electron chi connectivity index (χ4n) is 3.49. The highest BCUT2D eigenvalue weighted by molar-refractivity contribution is 7.92. The molecule has 7 nitrogen and oxygen atoms in total. The van der Waals surface area contributed by atoms with Crippen molar-refractivity contribution in [3.8, 4) is 0 Å². The number of likely N-dealkylation sites (N-methyl/N-ethyl adjacent to an activating group) is 1. The zero-order valence-corrected chi connectivity index (χ0v) is 20.6. The van der Waals surface area contributed by atoms with E-state index in [1.807, 2.05) is 13.8 Å². The molecule has 0 spiro atoms. The highest BCUT2D eigenvalue weighted by Crippen LogP contribution is 2.22. The molecule has 0 bridgehead atoms. The van der Waals surface area contributed by atoms with Gasteiger partial charge in [0, 0.05) is 13.1 Å². The molecule has 0 heterocycles. The Balaban J connectivity index is 2.44. The number of hydrogen-bond donors (Lipinski definition) is 1. The molecule has 0 radical (unpaired) electrons. The van der Waals surface area contributed by atoms with Crippen LogP contribution in [0.2, 0.25) is 0 Å². The first-order valence-electron chi connectivity index (χ1n) is 10.8. The molecule has 1 N–H and O–H groups in total. The number of nitrogens with zero attached hydrogens (tertiary/aromatic N) is 2. The molecule has 0 unspecified atom stereocenters. The van der Waals surface area contributed by atoms with Gasteiger partial charge in [0.05, 0.1) is 11.9 Å². The lowest BCUT2D eigenvalue weighted by atomic mass is 10.1. The van der Waals surface area contributed by atoms with Gasteiger partial charge in [-0.3, -0.25) is 13.9 Å². The van der Waals surface area contributed by atoms with Crippen LogP contribution in [-0.4, -0.2) is 50.5 Å². The van der Waals surface area contributed by atoms with E-state index in [4.69, 9.17) is 0 Å². The van der Waals surface area contributed by atoms with E-state index in [0.29, 0.717) is 24.2 Å². The Kier molecular flexibility index (Phi) is 8.99. The minimum Gasteiger partial charge on any atom is -0.355 e. The Morgan fingerprint density at radius 1 is 1.03 bits per heavy atom. The van der Waals surface area contributed by atoms with Crippen LogP contribution in [0, 0.1) is 19.7 Å². The quantitative estimate of drug-likeness (QED) is 0.570. The summed E-state index contributed by atoms with van der Waals surface area (Å²) in [5.41, 5.74) is 2.90. The number of carbonyl (C=O) groups is 2. The number of aryl methyl sites for hydroxylation is 2. The number of hydrogen-bond acceptors (Lipinski definition) is 4. The number of benzene rings is 2. The van der Waals surface area contributed by atoms with E-state index >= 15 is 0 Å². The summed E-state index contributed by atoms with van der Waals surface area (Å²) in [6, 6.07) is 10.0. The van der Waals surface area contributed by atoms with Crippen LogP contribution in [0.3, 0.4) is 0 Å². The van der Waals surface area contributed by atoms with E-state index in [1.54, 1.807) is 32.0 Å². The molecule has 0 saturated carbocycles. The van der Waals surface area contributed by atoms with E-state index in [1.165, 1.54) is 29.2 Å².